The summed E-state index contributed by atoms with van der Waals surface area (Å²) in [6.45, 7) is 0. The van der Waals surface area contributed by atoms with Crippen molar-refractivity contribution in [3.8, 4) is 0 Å². The molecule has 0 unspecified atom stereocenters. The van der Waals surface area contributed by atoms with Crippen LogP contribution in [0.2, 0.25) is 4.28 Å². The van der Waals surface area contributed by atoms with Crippen molar-refractivity contribution in [2.45, 2.75) is 36.4 Å². The zero-order chi connectivity index (χ0) is 5.61. The quantitative estimate of drug-likeness (QED) is 0.561. The molecule has 2 fully saturated rings. The summed E-state index contributed by atoms with van der Waals surface area (Å²) in [7, 11) is 0. The third-order valence-corrected chi connectivity index (χ3v) is 3.57. The van der Waals surface area contributed by atoms with Crippen LogP contribution in [0.5, 0.6) is 0 Å². The van der Waals surface area contributed by atoms with Crippen LogP contribution in [-0.4, -0.2) is 0 Å². The Balaban J connectivity index is 0.000000405. The summed E-state index contributed by atoms with van der Waals surface area (Å²) in [4.78, 5) is 0. The van der Waals surface area contributed by atoms with Crippen LogP contribution in [0.1, 0.15) is 32.1 Å². The Morgan fingerprint density at radius 1 is 1.22 bits per heavy atom. The Bertz CT molecular complexity index is 103. The molecule has 0 aromatic carbocycles. The van der Waals surface area contributed by atoms with Crippen molar-refractivity contribution in [2.75, 3.05) is 0 Å². The molecule has 0 aliphatic heterocycles. The maximum atomic E-state index is 3.34. The molecule has 0 N–H and O–H groups in total. The summed E-state index contributed by atoms with van der Waals surface area (Å²) in [5.74, 6) is 1.11. The van der Waals surface area contributed by atoms with E-state index in [1.54, 1.807) is 0 Å². The van der Waals surface area contributed by atoms with E-state index in [9.17, 15) is 0 Å². The minimum absolute atomic E-state index is 0. The minimum atomic E-state index is 0. The fourth-order valence-electron chi connectivity index (χ4n) is 2.14. The van der Waals surface area contributed by atoms with Gasteiger partial charge in [0.05, 0.1) is 0 Å². The third-order valence-electron chi connectivity index (χ3n) is 2.68. The van der Waals surface area contributed by atoms with Crippen molar-refractivity contribution in [2.24, 2.45) is 5.92 Å². The topological polar surface area (TPSA) is 0 Å². The fourth-order valence-corrected chi connectivity index (χ4v) is 2.87. The molecule has 51 valence electrons. The van der Waals surface area contributed by atoms with Crippen molar-refractivity contribution in [1.29, 1.82) is 0 Å². The first-order valence-corrected chi connectivity index (χ1v) is 4.13. The van der Waals surface area contributed by atoms with E-state index in [1.807, 2.05) is 0 Å². The van der Waals surface area contributed by atoms with Crippen LogP contribution in [0.15, 0.2) is 0 Å². The van der Waals surface area contributed by atoms with Gasteiger partial charge in [-0.2, -0.15) is 0 Å². The van der Waals surface area contributed by atoms with Crippen LogP contribution in [0.25, 0.3) is 0 Å². The molecule has 0 radical (unpaired) electrons. The molecule has 9 heavy (non-hydrogen) atoms. The van der Waals surface area contributed by atoms with E-state index in [2.05, 4.69) is 16.3 Å². The Morgan fingerprint density at radius 3 is 1.89 bits per heavy atom. The molecule has 0 nitrogen and oxygen atoms in total. The van der Waals surface area contributed by atoms with Gasteiger partial charge in [0.15, 0.2) is 0 Å². The van der Waals surface area contributed by atoms with E-state index < -0.39 is 0 Å². The third kappa shape index (κ3) is 1.39. The maximum absolute atomic E-state index is 3.34. The second-order valence-corrected chi connectivity index (χ2v) is 4.68. The molecule has 0 aromatic rings. The van der Waals surface area contributed by atoms with Crippen molar-refractivity contribution in [1.82, 2.24) is 0 Å². The average Bonchev–Trinajstić information content (AvgIpc) is 2.21. The summed E-state index contributed by atoms with van der Waals surface area (Å²) in [6, 6.07) is 0. The Kier molecular flexibility index (Phi) is 2.36. The normalized spacial score (nSPS) is 46.9. The van der Waals surface area contributed by atoms with Crippen molar-refractivity contribution < 1.29 is 33.7 Å². The van der Waals surface area contributed by atoms with Crippen LogP contribution in [0.4, 0.5) is 0 Å². The molecule has 0 aromatic heterocycles. The van der Waals surface area contributed by atoms with Crippen molar-refractivity contribution >= 4 is 0 Å². The van der Waals surface area contributed by atoms with Gasteiger partial charge in [0, 0.05) is 17.4 Å². The molecule has 0 saturated heterocycles. The zero-order valence-electron chi connectivity index (χ0n) is 5.43. The molecule has 0 atom stereocenters. The Morgan fingerprint density at radius 2 is 1.78 bits per heavy atom. The summed E-state index contributed by atoms with van der Waals surface area (Å²) in [5, 5.41) is 0. The van der Waals surface area contributed by atoms with E-state index >= 15 is 0 Å². The molecular formula is C7H11Cr2. The van der Waals surface area contributed by atoms with Crippen molar-refractivity contribution in [3.63, 3.8) is 0 Å². The van der Waals surface area contributed by atoms with E-state index in [-0.39, 0.29) is 17.4 Å². The van der Waals surface area contributed by atoms with E-state index in [0.29, 0.717) is 4.28 Å². The van der Waals surface area contributed by atoms with Crippen LogP contribution >= 0.6 is 0 Å². The fraction of sp³-hybridized carbons (Fsp3) is 1.00. The molecule has 0 spiro atoms. The predicted molar refractivity (Wildman–Crippen MR) is 29.3 cm³/mol. The van der Waals surface area contributed by atoms with Gasteiger partial charge in [-0.15, -0.1) is 0 Å². The molecule has 2 aliphatic rings. The molecule has 2 aliphatic carbocycles. The van der Waals surface area contributed by atoms with E-state index in [0.717, 1.165) is 5.92 Å². The van der Waals surface area contributed by atoms with Gasteiger partial charge in [0.25, 0.3) is 0 Å². The summed E-state index contributed by atoms with van der Waals surface area (Å²) >= 11 is 3.34. The van der Waals surface area contributed by atoms with Crippen LogP contribution < -0.4 is 0 Å². The van der Waals surface area contributed by atoms with Gasteiger partial charge < -0.3 is 0 Å². The number of fused-ring (bicyclic) bond motifs is 2. The standard InChI is InChI=1S/C7H11.2Cr/c1-2-7-4-3-6(1)5-7;;/h6H,1-5H2;;. The second kappa shape index (κ2) is 2.60. The first kappa shape index (κ1) is 8.16. The molecule has 2 rings (SSSR count). The van der Waals surface area contributed by atoms with Gasteiger partial charge in [-0.25, -0.2) is 0 Å². The van der Waals surface area contributed by atoms with Gasteiger partial charge >= 0.3 is 58.6 Å². The number of hydrogen-bond donors (Lipinski definition) is 0. The molecule has 2 saturated carbocycles. The second-order valence-electron chi connectivity index (χ2n) is 3.33. The van der Waals surface area contributed by atoms with Gasteiger partial charge in [-0.3, -0.25) is 0 Å². The summed E-state index contributed by atoms with van der Waals surface area (Å²) < 4.78 is 0.685. The zero-order valence-corrected chi connectivity index (χ0v) is 7.98. The molecule has 2 bridgehead atoms. The molecular weight excluding hydrogens is 188 g/mol. The predicted octanol–water partition coefficient (Wildman–Crippen LogP) is 2.28. The Labute approximate surface area is 76.0 Å². The molecule has 0 amide bonds. The first-order valence-electron chi connectivity index (χ1n) is 3.49. The number of rotatable bonds is 0. The average molecular weight is 199 g/mol. The number of hydrogen-bond acceptors (Lipinski definition) is 0. The first-order chi connectivity index (χ1) is 3.79. The Hall–Kier alpha value is 1.06. The van der Waals surface area contributed by atoms with Gasteiger partial charge in [-0.05, 0) is 0 Å². The van der Waals surface area contributed by atoms with Gasteiger partial charge in [-0.1, -0.05) is 0 Å². The SMILES string of the molecule is [Cr].[Cr][C]12CCC(CC1)C2. The summed E-state index contributed by atoms with van der Waals surface area (Å²) in [5.41, 5.74) is 0. The van der Waals surface area contributed by atoms with Gasteiger partial charge in [0.2, 0.25) is 0 Å². The van der Waals surface area contributed by atoms with Crippen LogP contribution in [-0.2, 0) is 33.7 Å². The summed E-state index contributed by atoms with van der Waals surface area (Å²) in [6.07, 6.45) is 7.45. The monoisotopic (exact) mass is 199 g/mol. The van der Waals surface area contributed by atoms with E-state index in [1.165, 1.54) is 32.1 Å². The van der Waals surface area contributed by atoms with Crippen molar-refractivity contribution in [3.05, 3.63) is 0 Å². The van der Waals surface area contributed by atoms with Crippen LogP contribution in [0, 0.1) is 5.92 Å². The van der Waals surface area contributed by atoms with Crippen LogP contribution in [0.3, 0.4) is 0 Å². The van der Waals surface area contributed by atoms with E-state index in [4.69, 9.17) is 0 Å². The van der Waals surface area contributed by atoms with Gasteiger partial charge in [0.1, 0.15) is 0 Å². The molecule has 2 heteroatoms. The molecule has 0 heterocycles.